The van der Waals surface area contributed by atoms with Crippen molar-refractivity contribution >= 4 is 0 Å². The Balaban J connectivity index is 2.57. The van der Waals surface area contributed by atoms with Crippen molar-refractivity contribution in [2.75, 3.05) is 19.6 Å². The number of nitrogens with zero attached hydrogens (tertiary/aromatic N) is 1. The monoisotopic (exact) mass is 212 g/mol. The number of rotatable bonds is 3. The van der Waals surface area contributed by atoms with E-state index in [1.807, 2.05) is 0 Å². The first-order chi connectivity index (χ1) is 6.99. The number of nitrogens with one attached hydrogen (secondary N) is 1. The molecule has 2 atom stereocenters. The lowest BCUT2D eigenvalue weighted by atomic mass is 9.83. The Kier molecular flexibility index (Phi) is 4.60. The topological polar surface area (TPSA) is 15.3 Å². The summed E-state index contributed by atoms with van der Waals surface area (Å²) in [5.41, 5.74) is 0.389. The average Bonchev–Trinajstić information content (AvgIpc) is 2.16. The lowest BCUT2D eigenvalue weighted by Crippen LogP contribution is -2.60. The van der Waals surface area contributed by atoms with Crippen LogP contribution in [0.3, 0.4) is 0 Å². The van der Waals surface area contributed by atoms with E-state index in [9.17, 15) is 0 Å². The smallest absolute Gasteiger partial charge is 0.0269 e. The molecule has 1 heterocycles. The van der Waals surface area contributed by atoms with Gasteiger partial charge in [-0.2, -0.15) is 0 Å². The summed E-state index contributed by atoms with van der Waals surface area (Å²) in [6, 6.07) is 1.41. The van der Waals surface area contributed by atoms with E-state index >= 15 is 0 Å². The van der Waals surface area contributed by atoms with Crippen molar-refractivity contribution in [1.29, 1.82) is 0 Å². The third-order valence-electron chi connectivity index (χ3n) is 3.54. The van der Waals surface area contributed by atoms with Crippen molar-refractivity contribution in [2.45, 2.75) is 59.5 Å². The molecule has 1 aliphatic rings. The molecule has 0 bridgehead atoms. The minimum atomic E-state index is 0.389. The summed E-state index contributed by atoms with van der Waals surface area (Å²) >= 11 is 0. The zero-order valence-corrected chi connectivity index (χ0v) is 11.1. The minimum Gasteiger partial charge on any atom is -0.311 e. The highest BCUT2D eigenvalue weighted by Gasteiger charge is 2.34. The molecule has 0 spiro atoms. The van der Waals surface area contributed by atoms with Crippen LogP contribution in [0.4, 0.5) is 0 Å². The van der Waals surface area contributed by atoms with Gasteiger partial charge < -0.3 is 5.32 Å². The van der Waals surface area contributed by atoms with Gasteiger partial charge in [0, 0.05) is 25.2 Å². The highest BCUT2D eigenvalue weighted by atomic mass is 15.2. The van der Waals surface area contributed by atoms with Crippen molar-refractivity contribution in [2.24, 2.45) is 5.41 Å². The molecule has 1 saturated heterocycles. The van der Waals surface area contributed by atoms with Crippen LogP contribution < -0.4 is 5.32 Å². The summed E-state index contributed by atoms with van der Waals surface area (Å²) in [5.74, 6) is 0. The van der Waals surface area contributed by atoms with Crippen LogP contribution in [-0.4, -0.2) is 36.6 Å². The molecule has 1 N–H and O–H groups in total. The Bertz CT molecular complexity index is 183. The van der Waals surface area contributed by atoms with Gasteiger partial charge in [0.15, 0.2) is 0 Å². The third kappa shape index (κ3) is 3.46. The molecule has 1 fully saturated rings. The van der Waals surface area contributed by atoms with Crippen LogP contribution in [-0.2, 0) is 0 Å². The molecule has 0 saturated carbocycles. The van der Waals surface area contributed by atoms with Crippen LogP contribution in [0.25, 0.3) is 0 Å². The lowest BCUT2D eigenvalue weighted by molar-refractivity contribution is 0.0585. The Hall–Kier alpha value is -0.0800. The summed E-state index contributed by atoms with van der Waals surface area (Å²) in [7, 11) is 0. The fourth-order valence-corrected chi connectivity index (χ4v) is 2.63. The first-order valence-corrected chi connectivity index (χ1v) is 6.46. The number of likely N-dealkylation sites (N-methyl/N-ethyl adjacent to an activating group) is 1. The van der Waals surface area contributed by atoms with Crippen LogP contribution in [0.1, 0.15) is 47.5 Å². The molecule has 0 aromatic rings. The minimum absolute atomic E-state index is 0.389. The van der Waals surface area contributed by atoms with Gasteiger partial charge >= 0.3 is 0 Å². The van der Waals surface area contributed by atoms with Gasteiger partial charge in [-0.25, -0.2) is 0 Å². The normalized spacial score (nSPS) is 29.4. The average molecular weight is 212 g/mol. The van der Waals surface area contributed by atoms with E-state index in [-0.39, 0.29) is 0 Å². The molecule has 2 nitrogen and oxygen atoms in total. The van der Waals surface area contributed by atoms with E-state index in [0.29, 0.717) is 17.5 Å². The standard InChI is InChI=1S/C13H28N2/c1-6-8-11-10-15(7-2)12(9-14-11)13(3,4)5/h11-12,14H,6-10H2,1-5H3. The Morgan fingerprint density at radius 2 is 1.93 bits per heavy atom. The molecule has 1 aliphatic heterocycles. The van der Waals surface area contributed by atoms with Crippen LogP contribution in [0, 0.1) is 5.41 Å². The first kappa shape index (κ1) is 13.0. The second-order valence-electron chi connectivity index (χ2n) is 5.86. The van der Waals surface area contributed by atoms with Crippen molar-refractivity contribution < 1.29 is 0 Å². The fraction of sp³-hybridized carbons (Fsp3) is 1.00. The highest BCUT2D eigenvalue weighted by Crippen LogP contribution is 2.26. The lowest BCUT2D eigenvalue weighted by Gasteiger charge is -2.46. The van der Waals surface area contributed by atoms with Crippen molar-refractivity contribution in [3.05, 3.63) is 0 Å². The molecule has 1 rings (SSSR count). The molecule has 0 aromatic carbocycles. The molecule has 2 heteroatoms. The predicted octanol–water partition coefficient (Wildman–Crippen LogP) is 2.49. The fourth-order valence-electron chi connectivity index (χ4n) is 2.63. The second-order valence-corrected chi connectivity index (χ2v) is 5.86. The maximum Gasteiger partial charge on any atom is 0.0269 e. The van der Waals surface area contributed by atoms with Crippen LogP contribution in [0.15, 0.2) is 0 Å². The molecule has 15 heavy (non-hydrogen) atoms. The van der Waals surface area contributed by atoms with Crippen LogP contribution in [0.2, 0.25) is 0 Å². The molecule has 0 amide bonds. The molecule has 0 aromatic heterocycles. The van der Waals surface area contributed by atoms with E-state index in [0.717, 1.165) is 6.54 Å². The summed E-state index contributed by atoms with van der Waals surface area (Å²) < 4.78 is 0. The largest absolute Gasteiger partial charge is 0.311 e. The van der Waals surface area contributed by atoms with Crippen molar-refractivity contribution in [3.8, 4) is 0 Å². The van der Waals surface area contributed by atoms with Gasteiger partial charge in [0.25, 0.3) is 0 Å². The SMILES string of the molecule is CCCC1CN(CC)C(C(C)(C)C)CN1. The maximum absolute atomic E-state index is 3.70. The van der Waals surface area contributed by atoms with E-state index in [1.165, 1.54) is 25.9 Å². The van der Waals surface area contributed by atoms with Gasteiger partial charge in [0.1, 0.15) is 0 Å². The van der Waals surface area contributed by atoms with Crippen molar-refractivity contribution in [3.63, 3.8) is 0 Å². The van der Waals surface area contributed by atoms with Crippen molar-refractivity contribution in [1.82, 2.24) is 10.2 Å². The van der Waals surface area contributed by atoms with Crippen LogP contribution >= 0.6 is 0 Å². The summed E-state index contributed by atoms with van der Waals surface area (Å²) in [4.78, 5) is 2.65. The van der Waals surface area contributed by atoms with Gasteiger partial charge in [0.05, 0.1) is 0 Å². The quantitative estimate of drug-likeness (QED) is 0.773. The summed E-state index contributed by atoms with van der Waals surface area (Å²) in [5, 5.41) is 3.70. The molecular formula is C13H28N2. The van der Waals surface area contributed by atoms with E-state index in [4.69, 9.17) is 0 Å². The molecule has 0 radical (unpaired) electrons. The molecule has 2 unspecified atom stereocenters. The predicted molar refractivity (Wildman–Crippen MR) is 67.2 cm³/mol. The summed E-state index contributed by atoms with van der Waals surface area (Å²) in [6.45, 7) is 15.2. The Labute approximate surface area is 95.4 Å². The van der Waals surface area contributed by atoms with Gasteiger partial charge in [-0.15, -0.1) is 0 Å². The van der Waals surface area contributed by atoms with Gasteiger partial charge in [-0.1, -0.05) is 41.0 Å². The zero-order valence-electron chi connectivity index (χ0n) is 11.1. The van der Waals surface area contributed by atoms with E-state index in [2.05, 4.69) is 44.8 Å². The van der Waals surface area contributed by atoms with Gasteiger partial charge in [0.2, 0.25) is 0 Å². The van der Waals surface area contributed by atoms with Crippen LogP contribution in [0.5, 0.6) is 0 Å². The second kappa shape index (κ2) is 5.31. The maximum atomic E-state index is 3.70. The highest BCUT2D eigenvalue weighted by molar-refractivity contribution is 4.91. The van der Waals surface area contributed by atoms with E-state index < -0.39 is 0 Å². The molecule has 90 valence electrons. The molecule has 0 aliphatic carbocycles. The summed E-state index contributed by atoms with van der Waals surface area (Å²) in [6.07, 6.45) is 2.60. The van der Waals surface area contributed by atoms with Gasteiger partial charge in [-0.3, -0.25) is 4.90 Å². The van der Waals surface area contributed by atoms with Gasteiger partial charge in [-0.05, 0) is 18.4 Å². The number of piperazine rings is 1. The number of hydrogen-bond donors (Lipinski definition) is 1. The third-order valence-corrected chi connectivity index (χ3v) is 3.54. The Morgan fingerprint density at radius 3 is 2.40 bits per heavy atom. The zero-order chi connectivity index (χ0) is 11.5. The Morgan fingerprint density at radius 1 is 1.27 bits per heavy atom. The first-order valence-electron chi connectivity index (χ1n) is 6.46. The molecular weight excluding hydrogens is 184 g/mol. The number of hydrogen-bond acceptors (Lipinski definition) is 2. The van der Waals surface area contributed by atoms with E-state index in [1.54, 1.807) is 0 Å².